The van der Waals surface area contributed by atoms with Gasteiger partial charge in [-0.2, -0.15) is 0 Å². The number of alkyl halides is 3. The van der Waals surface area contributed by atoms with E-state index in [-0.39, 0.29) is 10.0 Å². The van der Waals surface area contributed by atoms with Gasteiger partial charge >= 0.3 is 6.36 Å². The molecule has 1 aromatic rings. The van der Waals surface area contributed by atoms with E-state index < -0.39 is 22.7 Å². The van der Waals surface area contributed by atoms with Gasteiger partial charge in [0.2, 0.25) is 0 Å². The lowest BCUT2D eigenvalue weighted by molar-refractivity contribution is -0.385. The van der Waals surface area contributed by atoms with Crippen LogP contribution in [0.5, 0.6) is 5.75 Å². The van der Waals surface area contributed by atoms with Gasteiger partial charge in [0.15, 0.2) is 0 Å². The van der Waals surface area contributed by atoms with E-state index in [2.05, 4.69) is 20.7 Å². The minimum atomic E-state index is -4.87. The number of nitrogens with zero attached hydrogens (tertiary/aromatic N) is 1. The van der Waals surface area contributed by atoms with Gasteiger partial charge in [0.05, 0.1) is 15.5 Å². The lowest BCUT2D eigenvalue weighted by atomic mass is 10.2. The van der Waals surface area contributed by atoms with E-state index in [1.807, 2.05) is 0 Å². The molecule has 0 unspecified atom stereocenters. The maximum atomic E-state index is 11.9. The molecule has 0 aliphatic rings. The average molecular weight is 300 g/mol. The van der Waals surface area contributed by atoms with Crippen molar-refractivity contribution in [3.63, 3.8) is 0 Å². The minimum Gasteiger partial charge on any atom is -0.406 e. The number of ether oxygens (including phenoxy) is 1. The molecule has 0 spiro atoms. The lowest BCUT2D eigenvalue weighted by Crippen LogP contribution is -2.17. The zero-order valence-corrected chi connectivity index (χ0v) is 9.42. The number of hydrogen-bond donors (Lipinski definition) is 0. The molecule has 0 saturated carbocycles. The van der Waals surface area contributed by atoms with Crippen molar-refractivity contribution in [1.82, 2.24) is 0 Å². The predicted octanol–water partition coefficient (Wildman–Crippen LogP) is 3.56. The van der Waals surface area contributed by atoms with Crippen LogP contribution in [0.1, 0.15) is 5.56 Å². The molecule has 1 aromatic carbocycles. The fourth-order valence-electron chi connectivity index (χ4n) is 1.04. The minimum absolute atomic E-state index is 0.132. The van der Waals surface area contributed by atoms with Crippen LogP contribution in [0, 0.1) is 17.0 Å². The van der Waals surface area contributed by atoms with Crippen molar-refractivity contribution in [2.24, 2.45) is 0 Å². The maximum Gasteiger partial charge on any atom is 0.573 e. The van der Waals surface area contributed by atoms with Crippen molar-refractivity contribution in [3.8, 4) is 5.75 Å². The molecule has 0 N–H and O–H groups in total. The Hall–Kier alpha value is -1.31. The van der Waals surface area contributed by atoms with Crippen molar-refractivity contribution >= 4 is 21.6 Å². The molecule has 0 radical (unpaired) electrons. The van der Waals surface area contributed by atoms with Crippen molar-refractivity contribution in [1.29, 1.82) is 0 Å². The summed E-state index contributed by atoms with van der Waals surface area (Å²) in [5, 5.41) is 10.5. The number of nitro benzene ring substituents is 1. The highest BCUT2D eigenvalue weighted by atomic mass is 79.9. The molecular formula is C8H5BrF3NO3. The van der Waals surface area contributed by atoms with Crippen molar-refractivity contribution in [3.05, 3.63) is 32.3 Å². The molecule has 0 fully saturated rings. The quantitative estimate of drug-likeness (QED) is 0.620. The van der Waals surface area contributed by atoms with Gasteiger partial charge in [-0.25, -0.2) is 0 Å². The predicted molar refractivity (Wildman–Crippen MR) is 52.2 cm³/mol. The number of rotatable bonds is 2. The van der Waals surface area contributed by atoms with Gasteiger partial charge in [-0.3, -0.25) is 10.1 Å². The topological polar surface area (TPSA) is 52.4 Å². The Labute approximate surface area is 96.3 Å². The summed E-state index contributed by atoms with van der Waals surface area (Å²) in [6, 6.07) is 1.77. The fourth-order valence-corrected chi connectivity index (χ4v) is 1.42. The van der Waals surface area contributed by atoms with Gasteiger partial charge in [0.1, 0.15) is 5.75 Å². The molecule has 4 nitrogen and oxygen atoms in total. The van der Waals surface area contributed by atoms with Gasteiger partial charge in [-0.15, -0.1) is 13.2 Å². The molecular weight excluding hydrogens is 295 g/mol. The summed E-state index contributed by atoms with van der Waals surface area (Å²) in [5.74, 6) is -0.611. The molecule has 88 valence electrons. The number of benzene rings is 1. The van der Waals surface area contributed by atoms with Crippen LogP contribution in [-0.4, -0.2) is 11.3 Å². The van der Waals surface area contributed by atoms with E-state index in [9.17, 15) is 23.3 Å². The Balaban J connectivity index is 3.19. The van der Waals surface area contributed by atoms with Gasteiger partial charge in [0.25, 0.3) is 5.69 Å². The van der Waals surface area contributed by atoms with E-state index in [1.54, 1.807) is 0 Å². The number of aryl methyl sites for hydroxylation is 1. The van der Waals surface area contributed by atoms with Crippen LogP contribution in [0.2, 0.25) is 0 Å². The first-order chi connectivity index (χ1) is 7.20. The first kappa shape index (κ1) is 12.8. The van der Waals surface area contributed by atoms with Crippen LogP contribution in [0.15, 0.2) is 16.6 Å². The normalized spacial score (nSPS) is 11.3. The van der Waals surface area contributed by atoms with Gasteiger partial charge in [-0.1, -0.05) is 0 Å². The SMILES string of the molecule is Cc1cc(OC(F)(F)F)cc([N+](=O)[O-])c1Br. The Morgan fingerprint density at radius 2 is 2.00 bits per heavy atom. The van der Waals surface area contributed by atoms with Gasteiger partial charge in [0, 0.05) is 0 Å². The zero-order chi connectivity index (χ0) is 12.5. The van der Waals surface area contributed by atoms with E-state index in [4.69, 9.17) is 0 Å². The highest BCUT2D eigenvalue weighted by Crippen LogP contribution is 2.34. The molecule has 16 heavy (non-hydrogen) atoms. The van der Waals surface area contributed by atoms with Gasteiger partial charge < -0.3 is 4.74 Å². The van der Waals surface area contributed by atoms with Crippen LogP contribution >= 0.6 is 15.9 Å². The summed E-state index contributed by atoms with van der Waals surface area (Å²) in [6.45, 7) is 1.43. The lowest BCUT2D eigenvalue weighted by Gasteiger charge is -2.10. The Kier molecular flexibility index (Phi) is 3.41. The smallest absolute Gasteiger partial charge is 0.406 e. The fraction of sp³-hybridized carbons (Fsp3) is 0.250. The Morgan fingerprint density at radius 1 is 1.44 bits per heavy atom. The third-order valence-corrected chi connectivity index (χ3v) is 2.67. The second kappa shape index (κ2) is 4.28. The molecule has 0 bridgehead atoms. The van der Waals surface area contributed by atoms with Crippen LogP contribution in [-0.2, 0) is 0 Å². The first-order valence-electron chi connectivity index (χ1n) is 3.91. The Bertz CT molecular complexity index is 433. The number of halogens is 4. The molecule has 0 saturated heterocycles. The summed E-state index contributed by atoms with van der Waals surface area (Å²) < 4.78 is 39.4. The molecule has 0 amide bonds. The summed E-state index contributed by atoms with van der Waals surface area (Å²) >= 11 is 2.92. The first-order valence-corrected chi connectivity index (χ1v) is 4.70. The summed E-state index contributed by atoms with van der Waals surface area (Å²) in [4.78, 5) is 9.74. The molecule has 0 heterocycles. The Morgan fingerprint density at radius 3 is 2.44 bits per heavy atom. The molecule has 8 heteroatoms. The second-order valence-electron chi connectivity index (χ2n) is 2.88. The summed E-state index contributed by atoms with van der Waals surface area (Å²) in [6.07, 6.45) is -4.87. The number of nitro groups is 1. The standard InChI is InChI=1S/C8H5BrF3NO3/c1-4-2-5(16-8(10,11)12)3-6(7(4)9)13(14)15/h2-3H,1H3. The molecule has 0 aromatic heterocycles. The van der Waals surface area contributed by atoms with E-state index in [0.717, 1.165) is 6.07 Å². The van der Waals surface area contributed by atoms with Crippen LogP contribution < -0.4 is 4.74 Å². The molecule has 0 atom stereocenters. The van der Waals surface area contributed by atoms with E-state index in [0.29, 0.717) is 6.07 Å². The van der Waals surface area contributed by atoms with Crippen LogP contribution in [0.4, 0.5) is 18.9 Å². The third-order valence-electron chi connectivity index (χ3n) is 1.64. The highest BCUT2D eigenvalue weighted by Gasteiger charge is 2.32. The maximum absolute atomic E-state index is 11.9. The average Bonchev–Trinajstić information content (AvgIpc) is 2.07. The van der Waals surface area contributed by atoms with Crippen LogP contribution in [0.25, 0.3) is 0 Å². The van der Waals surface area contributed by atoms with Crippen LogP contribution in [0.3, 0.4) is 0 Å². The molecule has 0 aliphatic carbocycles. The largest absolute Gasteiger partial charge is 0.573 e. The second-order valence-corrected chi connectivity index (χ2v) is 3.67. The number of hydrogen-bond acceptors (Lipinski definition) is 3. The van der Waals surface area contributed by atoms with Crippen molar-refractivity contribution in [2.45, 2.75) is 13.3 Å². The third kappa shape index (κ3) is 3.09. The zero-order valence-electron chi connectivity index (χ0n) is 7.84. The highest BCUT2D eigenvalue weighted by molar-refractivity contribution is 9.10. The van der Waals surface area contributed by atoms with Crippen molar-refractivity contribution < 1.29 is 22.8 Å². The van der Waals surface area contributed by atoms with Gasteiger partial charge in [-0.05, 0) is 34.5 Å². The van der Waals surface area contributed by atoms with Crippen molar-refractivity contribution in [2.75, 3.05) is 0 Å². The summed E-state index contributed by atoms with van der Waals surface area (Å²) in [7, 11) is 0. The molecule has 1 rings (SSSR count). The monoisotopic (exact) mass is 299 g/mol. The summed E-state index contributed by atoms with van der Waals surface area (Å²) in [5.41, 5.74) is -0.187. The van der Waals surface area contributed by atoms with E-state index >= 15 is 0 Å². The molecule has 0 aliphatic heterocycles. The van der Waals surface area contributed by atoms with E-state index in [1.165, 1.54) is 6.92 Å².